The van der Waals surface area contributed by atoms with Gasteiger partial charge in [-0.25, -0.2) is 8.42 Å². The standard InChI is InChI=1S/C14H20ClNO4S/c1-10(2)20-8-7-16(4)14(17)13-9-12(21(15,18)19)6-5-11(13)3/h5-6,9-10H,7-8H2,1-4H3. The SMILES string of the molecule is Cc1ccc(S(=O)(=O)Cl)cc1C(=O)N(C)CCOC(C)C. The van der Waals surface area contributed by atoms with Gasteiger partial charge >= 0.3 is 0 Å². The van der Waals surface area contributed by atoms with Crippen molar-refractivity contribution < 1.29 is 17.9 Å². The molecule has 1 aromatic rings. The Morgan fingerprint density at radius 1 is 1.38 bits per heavy atom. The summed E-state index contributed by atoms with van der Waals surface area (Å²) in [7, 11) is 3.11. The average Bonchev–Trinajstić information content (AvgIpc) is 2.36. The van der Waals surface area contributed by atoms with E-state index in [9.17, 15) is 13.2 Å². The van der Waals surface area contributed by atoms with Crippen molar-refractivity contribution in [1.82, 2.24) is 4.90 Å². The van der Waals surface area contributed by atoms with Crippen LogP contribution in [0.25, 0.3) is 0 Å². The largest absolute Gasteiger partial charge is 0.377 e. The summed E-state index contributed by atoms with van der Waals surface area (Å²) in [5.74, 6) is -0.262. The van der Waals surface area contributed by atoms with E-state index in [0.29, 0.717) is 24.3 Å². The second-order valence-electron chi connectivity index (χ2n) is 5.06. The number of rotatable bonds is 6. The molecule has 0 fully saturated rings. The number of amides is 1. The summed E-state index contributed by atoms with van der Waals surface area (Å²) in [5.41, 5.74) is 1.02. The Morgan fingerprint density at radius 3 is 2.52 bits per heavy atom. The number of hydrogen-bond acceptors (Lipinski definition) is 4. The molecule has 21 heavy (non-hydrogen) atoms. The zero-order valence-corrected chi connectivity index (χ0v) is 14.2. The molecule has 0 radical (unpaired) electrons. The maximum absolute atomic E-state index is 12.4. The van der Waals surface area contributed by atoms with Crippen molar-refractivity contribution in [2.24, 2.45) is 0 Å². The second-order valence-corrected chi connectivity index (χ2v) is 7.63. The van der Waals surface area contributed by atoms with Crippen LogP contribution in [0.2, 0.25) is 0 Å². The lowest BCUT2D eigenvalue weighted by atomic mass is 10.1. The van der Waals surface area contributed by atoms with Crippen molar-refractivity contribution in [2.75, 3.05) is 20.2 Å². The van der Waals surface area contributed by atoms with Crippen LogP contribution < -0.4 is 0 Å². The van der Waals surface area contributed by atoms with Gasteiger partial charge in [-0.2, -0.15) is 0 Å². The van der Waals surface area contributed by atoms with Crippen LogP contribution >= 0.6 is 10.7 Å². The molecule has 0 aromatic heterocycles. The molecule has 0 saturated heterocycles. The van der Waals surface area contributed by atoms with Gasteiger partial charge in [-0.15, -0.1) is 0 Å². The fourth-order valence-electron chi connectivity index (χ4n) is 1.72. The summed E-state index contributed by atoms with van der Waals surface area (Å²) in [6.07, 6.45) is 0.0972. The smallest absolute Gasteiger partial charge is 0.261 e. The highest BCUT2D eigenvalue weighted by Crippen LogP contribution is 2.20. The molecule has 7 heteroatoms. The highest BCUT2D eigenvalue weighted by molar-refractivity contribution is 8.13. The number of halogens is 1. The third-order valence-corrected chi connectivity index (χ3v) is 4.30. The van der Waals surface area contributed by atoms with Gasteiger partial charge in [0.1, 0.15) is 0 Å². The molecule has 0 N–H and O–H groups in total. The minimum absolute atomic E-state index is 0.0788. The van der Waals surface area contributed by atoms with E-state index in [1.165, 1.54) is 17.0 Å². The molecule has 0 aliphatic heterocycles. The van der Waals surface area contributed by atoms with Gasteiger partial charge in [0.05, 0.1) is 17.6 Å². The van der Waals surface area contributed by atoms with Crippen molar-refractivity contribution in [3.8, 4) is 0 Å². The van der Waals surface area contributed by atoms with Gasteiger partial charge in [0, 0.05) is 29.8 Å². The number of carbonyl (C=O) groups excluding carboxylic acids is 1. The van der Waals surface area contributed by atoms with Gasteiger partial charge in [0.15, 0.2) is 0 Å². The fourth-order valence-corrected chi connectivity index (χ4v) is 2.49. The molecule has 0 spiro atoms. The Hall–Kier alpha value is -1.11. The van der Waals surface area contributed by atoms with Crippen molar-refractivity contribution in [1.29, 1.82) is 0 Å². The average molecular weight is 334 g/mol. The van der Waals surface area contributed by atoms with E-state index in [-0.39, 0.29) is 16.9 Å². The van der Waals surface area contributed by atoms with Crippen LogP contribution in [0.1, 0.15) is 29.8 Å². The van der Waals surface area contributed by atoms with E-state index in [2.05, 4.69) is 0 Å². The second kappa shape index (κ2) is 7.24. The Balaban J connectivity index is 2.91. The molecule has 1 amide bonds. The van der Waals surface area contributed by atoms with E-state index < -0.39 is 9.05 Å². The molecule has 0 heterocycles. The monoisotopic (exact) mass is 333 g/mol. The highest BCUT2D eigenvalue weighted by atomic mass is 35.7. The van der Waals surface area contributed by atoms with Crippen molar-refractivity contribution >= 4 is 25.6 Å². The van der Waals surface area contributed by atoms with Crippen molar-refractivity contribution in [3.63, 3.8) is 0 Å². The molecule has 0 unspecified atom stereocenters. The number of likely N-dealkylation sites (N-methyl/N-ethyl adjacent to an activating group) is 1. The zero-order chi connectivity index (χ0) is 16.2. The molecule has 118 valence electrons. The van der Waals surface area contributed by atoms with E-state index in [4.69, 9.17) is 15.4 Å². The quantitative estimate of drug-likeness (QED) is 0.750. The number of hydrogen-bond donors (Lipinski definition) is 0. The predicted molar refractivity (Wildman–Crippen MR) is 82.3 cm³/mol. The minimum atomic E-state index is -3.85. The molecule has 1 aromatic carbocycles. The van der Waals surface area contributed by atoms with Gasteiger partial charge in [-0.3, -0.25) is 4.79 Å². The van der Waals surface area contributed by atoms with E-state index >= 15 is 0 Å². The van der Waals surface area contributed by atoms with Crippen LogP contribution in [0.3, 0.4) is 0 Å². The lowest BCUT2D eigenvalue weighted by Gasteiger charge is -2.19. The highest BCUT2D eigenvalue weighted by Gasteiger charge is 2.18. The number of aryl methyl sites for hydroxylation is 1. The molecular formula is C14H20ClNO4S. The molecule has 0 atom stereocenters. The topological polar surface area (TPSA) is 63.7 Å². The van der Waals surface area contributed by atoms with Crippen LogP contribution in [0, 0.1) is 6.92 Å². The van der Waals surface area contributed by atoms with Crippen LogP contribution in [-0.4, -0.2) is 45.5 Å². The molecule has 0 bridgehead atoms. The fraction of sp³-hybridized carbons (Fsp3) is 0.500. The van der Waals surface area contributed by atoms with Crippen LogP contribution in [-0.2, 0) is 13.8 Å². The third kappa shape index (κ3) is 5.30. The summed E-state index contributed by atoms with van der Waals surface area (Å²) in [6, 6.07) is 4.26. The molecule has 5 nitrogen and oxygen atoms in total. The summed E-state index contributed by atoms with van der Waals surface area (Å²) >= 11 is 0. The Bertz CT molecular complexity index is 613. The minimum Gasteiger partial charge on any atom is -0.377 e. The number of nitrogens with zero attached hydrogens (tertiary/aromatic N) is 1. The van der Waals surface area contributed by atoms with Gasteiger partial charge in [0.25, 0.3) is 15.0 Å². The molecule has 0 saturated carbocycles. The lowest BCUT2D eigenvalue weighted by Crippen LogP contribution is -2.31. The first-order valence-corrected chi connectivity index (χ1v) is 8.86. The Kier molecular flexibility index (Phi) is 6.19. The summed E-state index contributed by atoms with van der Waals surface area (Å²) in [4.78, 5) is 13.8. The third-order valence-electron chi connectivity index (χ3n) is 2.95. The zero-order valence-electron chi connectivity index (χ0n) is 12.6. The maximum Gasteiger partial charge on any atom is 0.261 e. The first kappa shape index (κ1) is 17.9. The first-order valence-electron chi connectivity index (χ1n) is 6.55. The molecule has 0 aliphatic carbocycles. The van der Waals surface area contributed by atoms with E-state index in [0.717, 1.165) is 0 Å². The van der Waals surface area contributed by atoms with Gasteiger partial charge < -0.3 is 9.64 Å². The van der Waals surface area contributed by atoms with Gasteiger partial charge in [-0.1, -0.05) is 6.07 Å². The predicted octanol–water partition coefficient (Wildman–Crippen LogP) is 2.42. The summed E-state index contributed by atoms with van der Waals surface area (Å²) in [6.45, 7) is 6.43. The van der Waals surface area contributed by atoms with E-state index in [1.54, 1.807) is 20.0 Å². The lowest BCUT2D eigenvalue weighted by molar-refractivity contribution is 0.0531. The molecule has 1 rings (SSSR count). The first-order chi connectivity index (χ1) is 9.62. The maximum atomic E-state index is 12.4. The Morgan fingerprint density at radius 2 is 2.00 bits per heavy atom. The number of benzene rings is 1. The van der Waals surface area contributed by atoms with E-state index in [1.807, 2.05) is 13.8 Å². The van der Waals surface area contributed by atoms with Crippen molar-refractivity contribution in [2.45, 2.75) is 31.8 Å². The van der Waals surface area contributed by atoms with Crippen LogP contribution in [0.4, 0.5) is 0 Å². The summed E-state index contributed by atoms with van der Waals surface area (Å²) < 4.78 is 28.1. The normalized spacial score (nSPS) is 11.7. The molecule has 0 aliphatic rings. The molecular weight excluding hydrogens is 314 g/mol. The Labute approximate surface area is 130 Å². The summed E-state index contributed by atoms with van der Waals surface area (Å²) in [5, 5.41) is 0. The number of carbonyl (C=O) groups is 1. The van der Waals surface area contributed by atoms with Crippen LogP contribution in [0.15, 0.2) is 23.1 Å². The van der Waals surface area contributed by atoms with Crippen molar-refractivity contribution in [3.05, 3.63) is 29.3 Å². The van der Waals surface area contributed by atoms with Crippen LogP contribution in [0.5, 0.6) is 0 Å². The van der Waals surface area contributed by atoms with Gasteiger partial charge in [0.2, 0.25) is 0 Å². The van der Waals surface area contributed by atoms with Gasteiger partial charge in [-0.05, 0) is 38.5 Å². The number of ether oxygens (including phenoxy) is 1.